The summed E-state index contributed by atoms with van der Waals surface area (Å²) in [6.45, 7) is 1.45. The summed E-state index contributed by atoms with van der Waals surface area (Å²) in [5.74, 6) is -0.193. The maximum atomic E-state index is 10.5. The molecule has 2 aromatic rings. The number of carbonyl (C=O) groups is 1. The molecule has 2 N–H and O–H groups in total. The van der Waals surface area contributed by atoms with E-state index < -0.39 is 5.97 Å². The van der Waals surface area contributed by atoms with E-state index in [0.717, 1.165) is 36.1 Å². The molecule has 130 valence electrons. The minimum atomic E-state index is -0.841. The first-order chi connectivity index (χ1) is 12.1. The molecule has 0 radical (unpaired) electrons. The van der Waals surface area contributed by atoms with Crippen LogP contribution in [-0.4, -0.2) is 45.3 Å². The number of hydrogen-bond donors (Lipinski definition) is 2. The van der Waals surface area contributed by atoms with Crippen molar-refractivity contribution in [2.45, 2.75) is 25.4 Å². The van der Waals surface area contributed by atoms with Crippen molar-refractivity contribution in [1.82, 2.24) is 9.97 Å². The molecule has 1 aliphatic heterocycles. The van der Waals surface area contributed by atoms with Crippen LogP contribution in [0.5, 0.6) is 0 Å². The number of hydrogen-bond acceptors (Lipinski definition) is 5. The lowest BCUT2D eigenvalue weighted by Gasteiger charge is -2.29. The summed E-state index contributed by atoms with van der Waals surface area (Å²) in [7, 11) is 0. The minimum absolute atomic E-state index is 0.0161. The quantitative estimate of drug-likeness (QED) is 0.871. The number of aliphatic hydroxyl groups is 1. The van der Waals surface area contributed by atoms with E-state index in [1.54, 1.807) is 24.5 Å². The zero-order valence-corrected chi connectivity index (χ0v) is 13.9. The molecule has 0 aliphatic carbocycles. The van der Waals surface area contributed by atoms with E-state index in [4.69, 9.17) is 5.11 Å². The summed E-state index contributed by atoms with van der Waals surface area (Å²) in [6, 6.07) is 7.79. The van der Waals surface area contributed by atoms with Crippen molar-refractivity contribution in [3.05, 3.63) is 48.3 Å². The van der Waals surface area contributed by atoms with E-state index in [-0.39, 0.29) is 12.5 Å². The Hall–Kier alpha value is -2.73. The molecule has 6 heteroatoms. The summed E-state index contributed by atoms with van der Waals surface area (Å²) in [5, 5.41) is 18.4. The van der Waals surface area contributed by atoms with Crippen LogP contribution in [0.15, 0.2) is 42.7 Å². The van der Waals surface area contributed by atoms with Gasteiger partial charge >= 0.3 is 5.97 Å². The Kier molecular flexibility index (Phi) is 5.40. The summed E-state index contributed by atoms with van der Waals surface area (Å²) in [4.78, 5) is 21.4. The Bertz CT molecular complexity index is 742. The van der Waals surface area contributed by atoms with Gasteiger partial charge in [-0.25, -0.2) is 9.97 Å². The normalized spacial score (nSPS) is 17.8. The Morgan fingerprint density at radius 2 is 1.92 bits per heavy atom. The van der Waals surface area contributed by atoms with Gasteiger partial charge in [-0.05, 0) is 24.0 Å². The average Bonchev–Trinajstić information content (AvgIpc) is 2.62. The monoisotopic (exact) mass is 339 g/mol. The van der Waals surface area contributed by atoms with Crippen molar-refractivity contribution in [2.75, 3.05) is 18.0 Å². The number of β-amino-alcohol motifs (C(OH)–C–C–N with tert-alkyl or cyclic N) is 1. The van der Waals surface area contributed by atoms with E-state index in [9.17, 15) is 9.90 Å². The van der Waals surface area contributed by atoms with Gasteiger partial charge in [0.1, 0.15) is 0 Å². The van der Waals surface area contributed by atoms with Gasteiger partial charge in [0.2, 0.25) is 5.95 Å². The van der Waals surface area contributed by atoms with Crippen molar-refractivity contribution in [2.24, 2.45) is 0 Å². The maximum absolute atomic E-state index is 10.5. The molecule has 1 aromatic carbocycles. The zero-order valence-electron chi connectivity index (χ0n) is 13.9. The molecule has 0 spiro atoms. The van der Waals surface area contributed by atoms with E-state index >= 15 is 0 Å². The van der Waals surface area contributed by atoms with Crippen molar-refractivity contribution < 1.29 is 15.0 Å². The van der Waals surface area contributed by atoms with Crippen molar-refractivity contribution in [3.63, 3.8) is 0 Å². The lowest BCUT2D eigenvalue weighted by molar-refractivity contribution is -0.135. The second-order valence-electron chi connectivity index (χ2n) is 6.14. The second-order valence-corrected chi connectivity index (χ2v) is 6.14. The predicted molar refractivity (Wildman–Crippen MR) is 96.2 cm³/mol. The molecule has 3 rings (SSSR count). The second kappa shape index (κ2) is 7.90. The fourth-order valence-electron chi connectivity index (χ4n) is 2.85. The third-order valence-electron chi connectivity index (χ3n) is 4.16. The number of carboxylic acids is 1. The Balaban J connectivity index is 1.67. The molecule has 2 heterocycles. The third kappa shape index (κ3) is 4.64. The zero-order chi connectivity index (χ0) is 17.6. The van der Waals surface area contributed by atoms with Crippen LogP contribution in [0, 0.1) is 0 Å². The number of aromatic nitrogens is 2. The molecule has 1 unspecified atom stereocenters. The van der Waals surface area contributed by atoms with Crippen LogP contribution in [0.25, 0.3) is 17.2 Å². The van der Waals surface area contributed by atoms with Crippen LogP contribution in [0.4, 0.5) is 5.95 Å². The van der Waals surface area contributed by atoms with Crippen LogP contribution in [0.1, 0.15) is 24.8 Å². The average molecular weight is 339 g/mol. The van der Waals surface area contributed by atoms with E-state index in [1.807, 2.05) is 29.2 Å². The number of rotatable bonds is 5. The highest BCUT2D eigenvalue weighted by Crippen LogP contribution is 2.21. The van der Waals surface area contributed by atoms with E-state index in [1.165, 1.54) is 0 Å². The third-order valence-corrected chi connectivity index (χ3v) is 4.16. The van der Waals surface area contributed by atoms with Gasteiger partial charge < -0.3 is 15.1 Å². The number of nitrogens with zero attached hydrogens (tertiary/aromatic N) is 3. The molecular weight excluding hydrogens is 318 g/mol. The SMILES string of the molecule is O=C(O)C/C=C/c1ccc(-c2cnc(N3CCCC(O)C3)nc2)cc1. The molecule has 1 saturated heterocycles. The molecule has 25 heavy (non-hydrogen) atoms. The van der Waals surface area contributed by atoms with Gasteiger partial charge in [-0.2, -0.15) is 0 Å². The van der Waals surface area contributed by atoms with Crippen molar-refractivity contribution >= 4 is 18.0 Å². The minimum Gasteiger partial charge on any atom is -0.481 e. The smallest absolute Gasteiger partial charge is 0.307 e. The molecular formula is C19H21N3O3. The highest BCUT2D eigenvalue weighted by molar-refractivity contribution is 5.71. The van der Waals surface area contributed by atoms with Gasteiger partial charge in [0.05, 0.1) is 12.5 Å². The summed E-state index contributed by atoms with van der Waals surface area (Å²) in [6.07, 6.45) is 8.49. The molecule has 0 bridgehead atoms. The standard InChI is InChI=1S/C19H21N3O3/c23-17-4-2-10-22(13-17)19-20-11-16(12-21-19)15-8-6-14(7-9-15)3-1-5-18(24)25/h1,3,6-9,11-12,17,23H,2,4-5,10,13H2,(H,24,25)/b3-1+. The van der Waals surface area contributed by atoms with Crippen LogP contribution >= 0.6 is 0 Å². The van der Waals surface area contributed by atoms with Gasteiger partial charge in [-0.15, -0.1) is 0 Å². The van der Waals surface area contributed by atoms with Crippen molar-refractivity contribution in [3.8, 4) is 11.1 Å². The number of benzene rings is 1. The highest BCUT2D eigenvalue weighted by Gasteiger charge is 2.19. The predicted octanol–water partition coefficient (Wildman–Crippen LogP) is 2.59. The molecule has 6 nitrogen and oxygen atoms in total. The van der Waals surface area contributed by atoms with Crippen molar-refractivity contribution in [1.29, 1.82) is 0 Å². The van der Waals surface area contributed by atoms with Crippen LogP contribution in [0.2, 0.25) is 0 Å². The maximum Gasteiger partial charge on any atom is 0.307 e. The van der Waals surface area contributed by atoms with Crippen LogP contribution < -0.4 is 4.90 Å². The molecule has 1 aromatic heterocycles. The molecule has 0 saturated carbocycles. The highest BCUT2D eigenvalue weighted by atomic mass is 16.4. The summed E-state index contributed by atoms with van der Waals surface area (Å²) < 4.78 is 0. The summed E-state index contributed by atoms with van der Waals surface area (Å²) in [5.41, 5.74) is 2.87. The van der Waals surface area contributed by atoms with Gasteiger partial charge in [-0.1, -0.05) is 36.4 Å². The largest absolute Gasteiger partial charge is 0.481 e. The van der Waals surface area contributed by atoms with Crippen LogP contribution in [-0.2, 0) is 4.79 Å². The molecule has 1 atom stereocenters. The summed E-state index contributed by atoms with van der Waals surface area (Å²) >= 11 is 0. The Labute approximate surface area is 146 Å². The first-order valence-electron chi connectivity index (χ1n) is 8.35. The molecule has 1 fully saturated rings. The van der Waals surface area contributed by atoms with E-state index in [0.29, 0.717) is 12.5 Å². The van der Waals surface area contributed by atoms with Gasteiger partial charge in [0.15, 0.2) is 0 Å². The number of piperidine rings is 1. The fourth-order valence-corrected chi connectivity index (χ4v) is 2.85. The number of aliphatic hydroxyl groups excluding tert-OH is 1. The molecule has 0 amide bonds. The molecule has 1 aliphatic rings. The lowest BCUT2D eigenvalue weighted by Crippen LogP contribution is -2.39. The fraction of sp³-hybridized carbons (Fsp3) is 0.316. The Morgan fingerprint density at radius 3 is 2.56 bits per heavy atom. The Morgan fingerprint density at radius 1 is 1.20 bits per heavy atom. The first-order valence-corrected chi connectivity index (χ1v) is 8.35. The van der Waals surface area contributed by atoms with Gasteiger partial charge in [0, 0.05) is 31.0 Å². The van der Waals surface area contributed by atoms with Crippen LogP contribution in [0.3, 0.4) is 0 Å². The number of carboxylic acid groups (broad SMARTS) is 1. The first kappa shape index (κ1) is 17.1. The lowest BCUT2D eigenvalue weighted by atomic mass is 10.1. The number of aliphatic carboxylic acids is 1. The topological polar surface area (TPSA) is 86.5 Å². The van der Waals surface area contributed by atoms with E-state index in [2.05, 4.69) is 9.97 Å². The number of anilines is 1. The van der Waals surface area contributed by atoms with Gasteiger partial charge in [0.25, 0.3) is 0 Å². The van der Waals surface area contributed by atoms with Gasteiger partial charge in [-0.3, -0.25) is 4.79 Å².